The van der Waals surface area contributed by atoms with Crippen LogP contribution in [-0.2, 0) is 4.79 Å². The van der Waals surface area contributed by atoms with Gasteiger partial charge in [-0.3, -0.25) is 9.59 Å². The number of hydrogen-bond donors (Lipinski definition) is 1. The Morgan fingerprint density at radius 3 is 2.73 bits per heavy atom. The van der Waals surface area contributed by atoms with E-state index in [1.807, 2.05) is 36.1 Å². The Labute approximate surface area is 155 Å². The SMILES string of the molecule is CCCN1C[C@H]2C(=O)NC3(CCN(C(=O)c4cccc(C)c4)CC3)[C@H]2C1. The van der Waals surface area contributed by atoms with Crippen LogP contribution < -0.4 is 5.32 Å². The molecule has 0 saturated carbocycles. The van der Waals surface area contributed by atoms with Crippen LogP contribution in [0.15, 0.2) is 24.3 Å². The van der Waals surface area contributed by atoms with Crippen molar-refractivity contribution < 1.29 is 9.59 Å². The van der Waals surface area contributed by atoms with E-state index in [0.29, 0.717) is 5.92 Å². The highest BCUT2D eigenvalue weighted by Gasteiger charge is 2.57. The molecule has 3 fully saturated rings. The fourth-order valence-corrected chi connectivity index (χ4v) is 5.21. The smallest absolute Gasteiger partial charge is 0.253 e. The molecule has 1 aromatic rings. The summed E-state index contributed by atoms with van der Waals surface area (Å²) in [5.74, 6) is 0.883. The first-order valence-corrected chi connectivity index (χ1v) is 9.93. The number of amides is 2. The average molecular weight is 355 g/mol. The summed E-state index contributed by atoms with van der Waals surface area (Å²) >= 11 is 0. The van der Waals surface area contributed by atoms with Crippen molar-refractivity contribution in [2.75, 3.05) is 32.7 Å². The lowest BCUT2D eigenvalue weighted by atomic mass is 9.75. The predicted molar refractivity (Wildman–Crippen MR) is 101 cm³/mol. The minimum Gasteiger partial charge on any atom is -0.350 e. The van der Waals surface area contributed by atoms with Gasteiger partial charge in [0.2, 0.25) is 5.91 Å². The maximum absolute atomic E-state index is 12.8. The van der Waals surface area contributed by atoms with Gasteiger partial charge < -0.3 is 15.1 Å². The number of nitrogens with zero attached hydrogens (tertiary/aromatic N) is 2. The van der Waals surface area contributed by atoms with E-state index in [4.69, 9.17) is 0 Å². The Balaban J connectivity index is 1.44. The van der Waals surface area contributed by atoms with Crippen molar-refractivity contribution in [3.63, 3.8) is 0 Å². The zero-order valence-corrected chi connectivity index (χ0v) is 15.8. The highest BCUT2D eigenvalue weighted by atomic mass is 16.2. The van der Waals surface area contributed by atoms with Gasteiger partial charge in [0.15, 0.2) is 0 Å². The molecule has 4 rings (SSSR count). The number of piperidine rings is 1. The number of nitrogens with one attached hydrogen (secondary N) is 1. The monoisotopic (exact) mass is 355 g/mol. The van der Waals surface area contributed by atoms with Crippen molar-refractivity contribution in [3.05, 3.63) is 35.4 Å². The minimum atomic E-state index is -0.104. The standard InChI is InChI=1S/C21H29N3O2/c1-3-9-23-13-17-18(14-23)21(22-19(17)25)7-10-24(11-8-21)20(26)16-6-4-5-15(2)12-16/h4-6,12,17-18H,3,7-11,13-14H2,1-2H3,(H,22,25)/t17-,18+/m1/s1. The highest BCUT2D eigenvalue weighted by Crippen LogP contribution is 2.44. The Bertz CT molecular complexity index is 709. The molecule has 0 bridgehead atoms. The quantitative estimate of drug-likeness (QED) is 0.903. The van der Waals surface area contributed by atoms with E-state index < -0.39 is 0 Å². The molecule has 1 N–H and O–H groups in total. The molecule has 3 aliphatic rings. The van der Waals surface area contributed by atoms with Gasteiger partial charge in [-0.15, -0.1) is 0 Å². The fraction of sp³-hybridized carbons (Fsp3) is 0.619. The number of fused-ring (bicyclic) bond motifs is 2. The molecular formula is C21H29N3O2. The zero-order chi connectivity index (χ0) is 18.3. The van der Waals surface area contributed by atoms with E-state index in [2.05, 4.69) is 17.1 Å². The number of rotatable bonds is 3. The second-order valence-corrected chi connectivity index (χ2v) is 8.28. The molecule has 1 spiro atoms. The van der Waals surface area contributed by atoms with Crippen LogP contribution in [0.25, 0.3) is 0 Å². The summed E-state index contributed by atoms with van der Waals surface area (Å²) in [5, 5.41) is 3.34. The number of aryl methyl sites for hydroxylation is 1. The van der Waals surface area contributed by atoms with Gasteiger partial charge in [-0.2, -0.15) is 0 Å². The Morgan fingerprint density at radius 1 is 1.27 bits per heavy atom. The number of carbonyl (C=O) groups is 2. The summed E-state index contributed by atoms with van der Waals surface area (Å²) in [5.41, 5.74) is 1.77. The summed E-state index contributed by atoms with van der Waals surface area (Å²) in [7, 11) is 0. The lowest BCUT2D eigenvalue weighted by molar-refractivity contribution is -0.123. The van der Waals surface area contributed by atoms with E-state index >= 15 is 0 Å². The molecule has 3 saturated heterocycles. The Hall–Kier alpha value is -1.88. The Kier molecular flexibility index (Phi) is 4.51. The second-order valence-electron chi connectivity index (χ2n) is 8.28. The third-order valence-corrected chi connectivity index (χ3v) is 6.56. The second kappa shape index (κ2) is 6.69. The molecule has 0 aliphatic carbocycles. The molecule has 0 unspecified atom stereocenters. The van der Waals surface area contributed by atoms with Gasteiger partial charge in [0.25, 0.3) is 5.91 Å². The third kappa shape index (κ3) is 2.92. The molecule has 1 aromatic carbocycles. The average Bonchev–Trinajstić information content (AvgIpc) is 3.16. The molecule has 2 amide bonds. The topological polar surface area (TPSA) is 52.7 Å². The molecule has 5 nitrogen and oxygen atoms in total. The van der Waals surface area contributed by atoms with Crippen molar-refractivity contribution in [2.24, 2.45) is 11.8 Å². The summed E-state index contributed by atoms with van der Waals surface area (Å²) in [6.07, 6.45) is 2.88. The largest absolute Gasteiger partial charge is 0.350 e. The first-order valence-electron chi connectivity index (χ1n) is 9.93. The minimum absolute atomic E-state index is 0.104. The Morgan fingerprint density at radius 2 is 2.04 bits per heavy atom. The fourth-order valence-electron chi connectivity index (χ4n) is 5.21. The number of likely N-dealkylation sites (tertiary alicyclic amines) is 2. The van der Waals surface area contributed by atoms with Crippen LogP contribution in [0, 0.1) is 18.8 Å². The van der Waals surface area contributed by atoms with Crippen LogP contribution in [0.5, 0.6) is 0 Å². The van der Waals surface area contributed by atoms with Gasteiger partial charge in [-0.1, -0.05) is 24.6 Å². The van der Waals surface area contributed by atoms with Gasteiger partial charge in [0, 0.05) is 43.2 Å². The highest BCUT2D eigenvalue weighted by molar-refractivity contribution is 5.94. The first-order chi connectivity index (χ1) is 12.5. The normalized spacial score (nSPS) is 27.6. The van der Waals surface area contributed by atoms with Crippen LogP contribution in [0.1, 0.15) is 42.1 Å². The van der Waals surface area contributed by atoms with Crippen LogP contribution in [0.3, 0.4) is 0 Å². The van der Waals surface area contributed by atoms with E-state index in [1.54, 1.807) is 0 Å². The molecule has 26 heavy (non-hydrogen) atoms. The summed E-state index contributed by atoms with van der Waals surface area (Å²) < 4.78 is 0. The zero-order valence-electron chi connectivity index (χ0n) is 15.8. The first kappa shape index (κ1) is 17.5. The number of hydrogen-bond acceptors (Lipinski definition) is 3. The van der Waals surface area contributed by atoms with Crippen LogP contribution in [-0.4, -0.2) is 59.9 Å². The third-order valence-electron chi connectivity index (χ3n) is 6.56. The molecule has 5 heteroatoms. The van der Waals surface area contributed by atoms with Gasteiger partial charge >= 0.3 is 0 Å². The maximum atomic E-state index is 12.8. The van der Waals surface area contributed by atoms with Crippen LogP contribution >= 0.6 is 0 Å². The number of carbonyl (C=O) groups excluding carboxylic acids is 2. The van der Waals surface area contributed by atoms with Gasteiger partial charge in [0.05, 0.1) is 5.92 Å². The van der Waals surface area contributed by atoms with E-state index in [-0.39, 0.29) is 23.3 Å². The molecule has 3 aliphatic heterocycles. The summed E-state index contributed by atoms with van der Waals surface area (Å²) in [4.78, 5) is 29.8. The lowest BCUT2D eigenvalue weighted by Gasteiger charge is -2.42. The molecule has 2 atom stereocenters. The maximum Gasteiger partial charge on any atom is 0.253 e. The van der Waals surface area contributed by atoms with E-state index in [9.17, 15) is 9.59 Å². The van der Waals surface area contributed by atoms with Crippen molar-refractivity contribution in [1.82, 2.24) is 15.1 Å². The van der Waals surface area contributed by atoms with Gasteiger partial charge in [-0.25, -0.2) is 0 Å². The number of benzene rings is 1. The van der Waals surface area contributed by atoms with Gasteiger partial charge in [0.1, 0.15) is 0 Å². The van der Waals surface area contributed by atoms with Crippen LogP contribution in [0.2, 0.25) is 0 Å². The summed E-state index contributed by atoms with van der Waals surface area (Å²) in [6, 6.07) is 7.81. The molecule has 0 aromatic heterocycles. The van der Waals surface area contributed by atoms with Crippen molar-refractivity contribution in [2.45, 2.75) is 38.6 Å². The van der Waals surface area contributed by atoms with Crippen molar-refractivity contribution >= 4 is 11.8 Å². The molecule has 0 radical (unpaired) electrons. The molecular weight excluding hydrogens is 326 g/mol. The predicted octanol–water partition coefficient (Wildman–Crippen LogP) is 2.06. The molecule has 3 heterocycles. The van der Waals surface area contributed by atoms with E-state index in [0.717, 1.165) is 63.1 Å². The van der Waals surface area contributed by atoms with E-state index in [1.165, 1.54) is 0 Å². The lowest BCUT2D eigenvalue weighted by Crippen LogP contribution is -2.56. The molecule has 140 valence electrons. The van der Waals surface area contributed by atoms with Crippen molar-refractivity contribution in [1.29, 1.82) is 0 Å². The van der Waals surface area contributed by atoms with Crippen molar-refractivity contribution in [3.8, 4) is 0 Å². The van der Waals surface area contributed by atoms with Crippen LogP contribution in [0.4, 0.5) is 0 Å². The van der Waals surface area contributed by atoms with Gasteiger partial charge in [-0.05, 0) is 44.9 Å². The summed E-state index contributed by atoms with van der Waals surface area (Å²) in [6.45, 7) is 8.65.